The molecule has 1 spiro atoms. The molecule has 3 atom stereocenters. The number of carbonyl (C=O) groups is 1. The number of nitrogens with zero attached hydrogens (tertiary/aromatic N) is 4. The number of rotatable bonds is 5. The van der Waals surface area contributed by atoms with E-state index < -0.39 is 23.5 Å². The maximum atomic E-state index is 14.9. The molecule has 1 aliphatic carbocycles. The molecule has 2 aliphatic heterocycles. The summed E-state index contributed by atoms with van der Waals surface area (Å²) in [6.07, 6.45) is 7.50. The lowest BCUT2D eigenvalue weighted by Gasteiger charge is -2.49. The summed E-state index contributed by atoms with van der Waals surface area (Å²) in [5.74, 6) is -1.28. The third kappa shape index (κ3) is 5.81. The van der Waals surface area contributed by atoms with Crippen molar-refractivity contribution in [2.75, 3.05) is 26.7 Å². The van der Waals surface area contributed by atoms with Gasteiger partial charge in [0.05, 0.1) is 18.1 Å². The van der Waals surface area contributed by atoms with Crippen LogP contribution in [0.4, 0.5) is 18.0 Å². The van der Waals surface area contributed by atoms with E-state index in [0.29, 0.717) is 43.9 Å². The molecule has 43 heavy (non-hydrogen) atoms. The van der Waals surface area contributed by atoms with Crippen molar-refractivity contribution in [1.82, 2.24) is 24.7 Å². The molecule has 2 amide bonds. The third-order valence-electron chi connectivity index (χ3n) is 10.0. The number of nitrogens with one attached hydrogen (secondary N) is 1. The van der Waals surface area contributed by atoms with Gasteiger partial charge in [-0.05, 0) is 80.8 Å². The predicted octanol–water partition coefficient (Wildman–Crippen LogP) is 5.76. The standard InChI is InChI=1S/C33H38F3N5O2/c1-37-24-11-15-41(30(17-24)26-16-23(34)8-9-28(26)36)32(43)39-14-10-22(33(20-39)12-4-5-13-33)19-40-21-38-29(18-31(40)42)25-6-2-3-7-27(25)35/h2-3,6-9,16,18,21-22,24,30,37H,4-5,10-15,17,19-20H2,1H3/t22-,24+,30-/m0/s1. The van der Waals surface area contributed by atoms with E-state index in [-0.39, 0.29) is 34.5 Å². The van der Waals surface area contributed by atoms with Gasteiger partial charge in [-0.25, -0.2) is 22.9 Å². The summed E-state index contributed by atoms with van der Waals surface area (Å²) >= 11 is 0. The first-order valence-electron chi connectivity index (χ1n) is 15.3. The fraction of sp³-hybridized carbons (Fsp3) is 0.485. The Morgan fingerprint density at radius 1 is 1.02 bits per heavy atom. The molecule has 2 saturated heterocycles. The van der Waals surface area contributed by atoms with Crippen molar-refractivity contribution >= 4 is 6.03 Å². The molecule has 0 unspecified atom stereocenters. The van der Waals surface area contributed by atoms with Crippen LogP contribution in [-0.2, 0) is 6.54 Å². The first kappa shape index (κ1) is 29.4. The van der Waals surface area contributed by atoms with Crippen LogP contribution >= 0.6 is 0 Å². The Balaban J connectivity index is 1.21. The maximum absolute atomic E-state index is 14.9. The maximum Gasteiger partial charge on any atom is 0.320 e. The van der Waals surface area contributed by atoms with E-state index in [2.05, 4.69) is 10.3 Å². The average Bonchev–Trinajstić information content (AvgIpc) is 3.48. The lowest BCUT2D eigenvalue weighted by atomic mass is 9.69. The van der Waals surface area contributed by atoms with Crippen molar-refractivity contribution in [3.05, 3.63) is 88.2 Å². The molecule has 228 valence electrons. The van der Waals surface area contributed by atoms with Gasteiger partial charge in [0.2, 0.25) is 0 Å². The highest BCUT2D eigenvalue weighted by Crippen LogP contribution is 2.49. The van der Waals surface area contributed by atoms with Crippen molar-refractivity contribution in [3.8, 4) is 11.3 Å². The number of benzene rings is 2. The third-order valence-corrected chi connectivity index (χ3v) is 10.0. The molecule has 7 nitrogen and oxygen atoms in total. The number of piperidine rings is 2. The largest absolute Gasteiger partial charge is 0.324 e. The quantitative estimate of drug-likeness (QED) is 0.409. The first-order chi connectivity index (χ1) is 20.8. The number of hydrogen-bond acceptors (Lipinski definition) is 4. The van der Waals surface area contributed by atoms with Gasteiger partial charge in [-0.15, -0.1) is 0 Å². The second-order valence-electron chi connectivity index (χ2n) is 12.4. The normalized spacial score (nSPS) is 23.6. The summed E-state index contributed by atoms with van der Waals surface area (Å²) in [5, 5.41) is 3.25. The highest BCUT2D eigenvalue weighted by atomic mass is 19.1. The van der Waals surface area contributed by atoms with Crippen LogP contribution in [0.2, 0.25) is 0 Å². The number of likely N-dealkylation sites (tertiary alicyclic amines) is 2. The predicted molar refractivity (Wildman–Crippen MR) is 158 cm³/mol. The summed E-state index contributed by atoms with van der Waals surface area (Å²) in [6.45, 7) is 2.02. The molecule has 1 saturated carbocycles. The molecule has 0 radical (unpaired) electrons. The number of amides is 2. The average molecular weight is 594 g/mol. The van der Waals surface area contributed by atoms with Crippen LogP contribution in [0, 0.1) is 28.8 Å². The molecule has 3 aromatic rings. The van der Waals surface area contributed by atoms with E-state index in [9.17, 15) is 22.8 Å². The van der Waals surface area contributed by atoms with Crippen molar-refractivity contribution < 1.29 is 18.0 Å². The summed E-state index contributed by atoms with van der Waals surface area (Å²) in [4.78, 5) is 35.3. The summed E-state index contributed by atoms with van der Waals surface area (Å²) in [6, 6.07) is 10.5. The van der Waals surface area contributed by atoms with E-state index >= 15 is 0 Å². The van der Waals surface area contributed by atoms with Crippen molar-refractivity contribution in [2.24, 2.45) is 11.3 Å². The topological polar surface area (TPSA) is 70.5 Å². The van der Waals surface area contributed by atoms with Crippen LogP contribution in [0.1, 0.15) is 56.6 Å². The summed E-state index contributed by atoms with van der Waals surface area (Å²) < 4.78 is 45.0. The Labute approximate surface area is 249 Å². The monoisotopic (exact) mass is 593 g/mol. The van der Waals surface area contributed by atoms with Gasteiger partial charge in [0, 0.05) is 49.4 Å². The molecule has 10 heteroatoms. The van der Waals surface area contributed by atoms with Gasteiger partial charge in [0.25, 0.3) is 5.56 Å². The fourth-order valence-corrected chi connectivity index (χ4v) is 7.62. The minimum Gasteiger partial charge on any atom is -0.324 e. The molecule has 1 N–H and O–H groups in total. The van der Waals surface area contributed by atoms with Gasteiger partial charge >= 0.3 is 6.03 Å². The van der Waals surface area contributed by atoms with E-state index in [1.807, 2.05) is 11.9 Å². The number of hydrogen-bond donors (Lipinski definition) is 1. The molecule has 6 rings (SSSR count). The zero-order chi connectivity index (χ0) is 30.1. The van der Waals surface area contributed by atoms with Gasteiger partial charge in [-0.2, -0.15) is 0 Å². The van der Waals surface area contributed by atoms with Gasteiger partial charge in [0.1, 0.15) is 17.5 Å². The Kier molecular flexibility index (Phi) is 8.31. The van der Waals surface area contributed by atoms with Crippen molar-refractivity contribution in [1.29, 1.82) is 0 Å². The molecular formula is C33H38F3N5O2. The molecule has 2 aromatic carbocycles. The van der Waals surface area contributed by atoms with Gasteiger partial charge < -0.3 is 15.1 Å². The Morgan fingerprint density at radius 2 is 1.81 bits per heavy atom. The first-order valence-corrected chi connectivity index (χ1v) is 15.3. The van der Waals surface area contributed by atoms with Gasteiger partial charge in [-0.3, -0.25) is 9.36 Å². The highest BCUT2D eigenvalue weighted by Gasteiger charge is 2.48. The second-order valence-corrected chi connectivity index (χ2v) is 12.4. The number of aromatic nitrogens is 2. The molecule has 3 aliphatic rings. The summed E-state index contributed by atoms with van der Waals surface area (Å²) in [7, 11) is 1.85. The van der Waals surface area contributed by atoms with Crippen LogP contribution in [-0.4, -0.2) is 58.1 Å². The van der Waals surface area contributed by atoms with Crippen molar-refractivity contribution in [3.63, 3.8) is 0 Å². The molecule has 1 aromatic heterocycles. The van der Waals surface area contributed by atoms with Crippen LogP contribution in [0.3, 0.4) is 0 Å². The summed E-state index contributed by atoms with van der Waals surface area (Å²) in [5.41, 5.74) is 0.444. The number of urea groups is 1. The molecule has 3 heterocycles. The van der Waals surface area contributed by atoms with Crippen molar-refractivity contribution in [2.45, 2.75) is 63.6 Å². The minimum atomic E-state index is -0.565. The van der Waals surface area contributed by atoms with Crippen LogP contribution in [0.5, 0.6) is 0 Å². The Bertz CT molecular complexity index is 1540. The molecular weight excluding hydrogens is 555 g/mol. The zero-order valence-electron chi connectivity index (χ0n) is 24.4. The Morgan fingerprint density at radius 3 is 2.56 bits per heavy atom. The minimum absolute atomic E-state index is 0.0975. The fourth-order valence-electron chi connectivity index (χ4n) is 7.62. The van der Waals surface area contributed by atoms with Gasteiger partial charge in [0.15, 0.2) is 0 Å². The highest BCUT2D eigenvalue weighted by molar-refractivity contribution is 5.75. The van der Waals surface area contributed by atoms with E-state index in [4.69, 9.17) is 0 Å². The zero-order valence-corrected chi connectivity index (χ0v) is 24.4. The van der Waals surface area contributed by atoms with Gasteiger partial charge in [-0.1, -0.05) is 25.0 Å². The second kappa shape index (κ2) is 12.1. The lowest BCUT2D eigenvalue weighted by molar-refractivity contribution is 0.0205. The van der Waals surface area contributed by atoms with Crippen LogP contribution in [0.25, 0.3) is 11.3 Å². The Hall–Kier alpha value is -3.66. The molecule has 3 fully saturated rings. The number of carbonyl (C=O) groups excluding carboxylic acids is 1. The number of halogens is 3. The van der Waals surface area contributed by atoms with Crippen LogP contribution < -0.4 is 10.9 Å². The smallest absolute Gasteiger partial charge is 0.320 e. The SMILES string of the molecule is CN[C@@H]1CCN(C(=O)N2CC[C@@H](Cn3cnc(-c4ccccc4F)cc3=O)C3(CCCC3)C2)[C@H](c2cc(F)ccc2F)C1. The van der Waals surface area contributed by atoms with E-state index in [1.165, 1.54) is 24.5 Å². The van der Waals surface area contributed by atoms with E-state index in [0.717, 1.165) is 50.7 Å². The van der Waals surface area contributed by atoms with E-state index in [1.54, 1.807) is 27.7 Å². The van der Waals surface area contributed by atoms with Crippen LogP contribution in [0.15, 0.2) is 59.7 Å². The molecule has 0 bridgehead atoms. The lowest BCUT2D eigenvalue weighted by Crippen LogP contribution is -2.57.